The number of halogens is 1. The molecule has 3 rings (SSSR count). The van der Waals surface area contributed by atoms with Gasteiger partial charge >= 0.3 is 5.97 Å². The third kappa shape index (κ3) is 2.23. The summed E-state index contributed by atoms with van der Waals surface area (Å²) < 4.78 is 2.47. The van der Waals surface area contributed by atoms with Gasteiger partial charge in [-0.3, -0.25) is 9.20 Å². The Labute approximate surface area is 129 Å². The Morgan fingerprint density at radius 3 is 3.05 bits per heavy atom. The van der Waals surface area contributed by atoms with E-state index in [-0.39, 0.29) is 12.0 Å². The van der Waals surface area contributed by atoms with E-state index in [1.807, 2.05) is 16.2 Å². The second-order valence-corrected chi connectivity index (χ2v) is 6.01. The fourth-order valence-corrected chi connectivity index (χ4v) is 3.52. The van der Waals surface area contributed by atoms with Gasteiger partial charge in [0.25, 0.3) is 0 Å². The highest BCUT2D eigenvalue weighted by molar-refractivity contribution is 9.10. The molecule has 0 aliphatic carbocycles. The molecule has 21 heavy (non-hydrogen) atoms. The van der Waals surface area contributed by atoms with Gasteiger partial charge in [0, 0.05) is 25.0 Å². The average Bonchev–Trinajstić information content (AvgIpc) is 2.77. The molecule has 2 aromatic rings. The summed E-state index contributed by atoms with van der Waals surface area (Å²) in [6.07, 6.45) is 4.93. The van der Waals surface area contributed by atoms with Crippen molar-refractivity contribution in [1.82, 2.24) is 14.4 Å². The Balaban J connectivity index is 2.08. The third-order valence-electron chi connectivity index (χ3n) is 4.08. The van der Waals surface area contributed by atoms with Crippen molar-refractivity contribution in [2.24, 2.45) is 5.92 Å². The molecule has 0 radical (unpaired) electrons. The van der Waals surface area contributed by atoms with Gasteiger partial charge < -0.3 is 15.7 Å². The van der Waals surface area contributed by atoms with Crippen LogP contribution in [0.2, 0.25) is 0 Å². The number of rotatable bonds is 2. The molecule has 3 heterocycles. The molecular weight excluding hydrogens is 338 g/mol. The van der Waals surface area contributed by atoms with Crippen LogP contribution in [0.3, 0.4) is 0 Å². The number of aromatic nitrogens is 3. The van der Waals surface area contributed by atoms with Gasteiger partial charge in [-0.15, -0.1) is 0 Å². The zero-order chi connectivity index (χ0) is 15.1. The van der Waals surface area contributed by atoms with Crippen molar-refractivity contribution >= 4 is 39.2 Å². The van der Waals surface area contributed by atoms with Crippen LogP contribution in [0, 0.1) is 5.92 Å². The summed E-state index contributed by atoms with van der Waals surface area (Å²) >= 11 is 3.40. The molecule has 112 valence electrons. The van der Waals surface area contributed by atoms with E-state index in [2.05, 4.69) is 25.9 Å². The van der Waals surface area contributed by atoms with E-state index in [0.29, 0.717) is 28.3 Å². The van der Waals surface area contributed by atoms with Gasteiger partial charge in [0.2, 0.25) is 5.95 Å². The highest BCUT2D eigenvalue weighted by atomic mass is 79.9. The second kappa shape index (κ2) is 5.18. The minimum absolute atomic E-state index is 0.122. The number of nitrogen functional groups attached to an aromatic ring is 1. The summed E-state index contributed by atoms with van der Waals surface area (Å²) in [6, 6.07) is -0.122. The Morgan fingerprint density at radius 2 is 2.33 bits per heavy atom. The lowest BCUT2D eigenvalue weighted by Gasteiger charge is -2.37. The van der Waals surface area contributed by atoms with E-state index in [0.717, 1.165) is 13.0 Å². The summed E-state index contributed by atoms with van der Waals surface area (Å²) in [7, 11) is 0. The number of nitrogens with two attached hydrogens (primary N) is 1. The fraction of sp³-hybridized carbons (Fsp3) is 0.462. The van der Waals surface area contributed by atoms with Crippen molar-refractivity contribution < 1.29 is 9.90 Å². The number of aliphatic carboxylic acids is 1. The zero-order valence-corrected chi connectivity index (χ0v) is 13.1. The van der Waals surface area contributed by atoms with Crippen LogP contribution in [-0.4, -0.2) is 38.0 Å². The van der Waals surface area contributed by atoms with Crippen molar-refractivity contribution in [1.29, 1.82) is 0 Å². The van der Waals surface area contributed by atoms with Crippen LogP contribution >= 0.6 is 15.9 Å². The van der Waals surface area contributed by atoms with E-state index in [1.165, 1.54) is 0 Å². The highest BCUT2D eigenvalue weighted by Crippen LogP contribution is 2.32. The van der Waals surface area contributed by atoms with Crippen LogP contribution in [0.5, 0.6) is 0 Å². The molecule has 1 fully saturated rings. The van der Waals surface area contributed by atoms with Crippen LogP contribution in [0.25, 0.3) is 5.52 Å². The number of nitrogens with zero attached hydrogens (tertiary/aromatic N) is 4. The number of carboxylic acid groups (broad SMARTS) is 1. The predicted molar refractivity (Wildman–Crippen MR) is 82.3 cm³/mol. The molecule has 0 saturated carbocycles. The maximum atomic E-state index is 11.4. The number of imidazole rings is 1. The van der Waals surface area contributed by atoms with Gasteiger partial charge in [-0.1, -0.05) is 0 Å². The number of carboxylic acids is 1. The molecule has 0 amide bonds. The lowest BCUT2D eigenvalue weighted by atomic mass is 9.90. The highest BCUT2D eigenvalue weighted by Gasteiger charge is 2.35. The standard InChI is InChI=1S/C13H16BrN5O2/c1-7-8(12(20)21)3-2-5-18(7)13-17-10(14)9-11(15)16-4-6-19(9)13/h4,6-8H,2-3,5H2,1H3,(H2,15,16)(H,20,21). The predicted octanol–water partition coefficient (Wildman–Crippen LogP) is 1.76. The Hall–Kier alpha value is -1.83. The Kier molecular flexibility index (Phi) is 3.48. The lowest BCUT2D eigenvalue weighted by molar-refractivity contribution is -0.143. The van der Waals surface area contributed by atoms with Gasteiger partial charge in [-0.2, -0.15) is 0 Å². The van der Waals surface area contributed by atoms with Crippen molar-refractivity contribution in [3.05, 3.63) is 17.0 Å². The van der Waals surface area contributed by atoms with Crippen molar-refractivity contribution in [3.8, 4) is 0 Å². The molecule has 0 aromatic carbocycles. The molecule has 3 N–H and O–H groups in total. The van der Waals surface area contributed by atoms with Gasteiger partial charge in [0.1, 0.15) is 10.1 Å². The molecule has 1 aliphatic rings. The van der Waals surface area contributed by atoms with Crippen LogP contribution in [-0.2, 0) is 4.79 Å². The Morgan fingerprint density at radius 1 is 1.57 bits per heavy atom. The first-order chi connectivity index (χ1) is 10.0. The average molecular weight is 354 g/mol. The third-order valence-corrected chi connectivity index (χ3v) is 4.64. The smallest absolute Gasteiger partial charge is 0.308 e. The van der Waals surface area contributed by atoms with E-state index in [4.69, 9.17) is 5.73 Å². The van der Waals surface area contributed by atoms with Gasteiger partial charge in [-0.05, 0) is 35.7 Å². The molecule has 2 unspecified atom stereocenters. The van der Waals surface area contributed by atoms with Crippen LogP contribution in [0.15, 0.2) is 17.0 Å². The van der Waals surface area contributed by atoms with Gasteiger partial charge in [0.05, 0.1) is 5.92 Å². The van der Waals surface area contributed by atoms with E-state index < -0.39 is 5.97 Å². The summed E-state index contributed by atoms with van der Waals surface area (Å²) in [5.41, 5.74) is 6.60. The van der Waals surface area contributed by atoms with Crippen molar-refractivity contribution in [2.75, 3.05) is 17.2 Å². The second-order valence-electron chi connectivity index (χ2n) is 5.25. The molecule has 0 bridgehead atoms. The van der Waals surface area contributed by atoms with E-state index in [1.54, 1.807) is 12.4 Å². The maximum Gasteiger partial charge on any atom is 0.308 e. The quantitative estimate of drug-likeness (QED) is 0.853. The summed E-state index contributed by atoms with van der Waals surface area (Å²) in [5, 5.41) is 9.34. The number of fused-ring (bicyclic) bond motifs is 1. The topological polar surface area (TPSA) is 96.8 Å². The lowest BCUT2D eigenvalue weighted by Crippen LogP contribution is -2.47. The minimum atomic E-state index is -0.756. The SMILES string of the molecule is CC1C(C(=O)O)CCCN1c1nc(Br)c2c(N)nccn12. The van der Waals surface area contributed by atoms with E-state index >= 15 is 0 Å². The van der Waals surface area contributed by atoms with Crippen molar-refractivity contribution in [2.45, 2.75) is 25.8 Å². The van der Waals surface area contributed by atoms with Crippen molar-refractivity contribution in [3.63, 3.8) is 0 Å². The largest absolute Gasteiger partial charge is 0.481 e. The van der Waals surface area contributed by atoms with Gasteiger partial charge in [-0.25, -0.2) is 9.97 Å². The normalized spacial score (nSPS) is 22.7. The molecule has 8 heteroatoms. The first-order valence-corrected chi connectivity index (χ1v) is 7.57. The summed E-state index contributed by atoms with van der Waals surface area (Å²) in [6.45, 7) is 2.70. The fourth-order valence-electron chi connectivity index (χ4n) is 2.96. The minimum Gasteiger partial charge on any atom is -0.481 e. The first kappa shape index (κ1) is 14.1. The molecule has 1 saturated heterocycles. The number of piperidine rings is 1. The summed E-state index contributed by atoms with van der Waals surface area (Å²) in [4.78, 5) is 22.0. The molecular formula is C13H16BrN5O2. The molecule has 2 aromatic heterocycles. The van der Waals surface area contributed by atoms with Gasteiger partial charge in [0.15, 0.2) is 5.82 Å². The maximum absolute atomic E-state index is 11.4. The monoisotopic (exact) mass is 353 g/mol. The molecule has 0 spiro atoms. The first-order valence-electron chi connectivity index (χ1n) is 6.78. The number of hydrogen-bond acceptors (Lipinski definition) is 5. The molecule has 7 nitrogen and oxygen atoms in total. The van der Waals surface area contributed by atoms with Crippen LogP contribution < -0.4 is 10.6 Å². The van der Waals surface area contributed by atoms with E-state index in [9.17, 15) is 9.90 Å². The Bertz CT molecular complexity index is 701. The van der Waals surface area contributed by atoms with Crippen LogP contribution in [0.1, 0.15) is 19.8 Å². The number of hydrogen-bond donors (Lipinski definition) is 2. The molecule has 1 aliphatic heterocycles. The van der Waals surface area contributed by atoms with Crippen LogP contribution in [0.4, 0.5) is 11.8 Å². The number of carbonyl (C=O) groups is 1. The number of anilines is 2. The molecule has 2 atom stereocenters. The zero-order valence-electron chi connectivity index (χ0n) is 11.5. The summed E-state index contributed by atoms with van der Waals surface area (Å²) in [5.74, 6) is -0.0515.